The summed E-state index contributed by atoms with van der Waals surface area (Å²) in [6.45, 7) is 0.0153. The second-order valence-electron chi connectivity index (χ2n) is 3.76. The van der Waals surface area contributed by atoms with Crippen LogP contribution in [0.5, 0.6) is 0 Å². The smallest absolute Gasteiger partial charge is 0.130 e. The number of hydrogen-bond acceptors (Lipinski definition) is 1. The number of hydrogen-bond donors (Lipinski definition) is 1. The summed E-state index contributed by atoms with van der Waals surface area (Å²) in [7, 11) is 0. The van der Waals surface area contributed by atoms with Crippen LogP contribution in [0.15, 0.2) is 48.5 Å². The van der Waals surface area contributed by atoms with Gasteiger partial charge in [-0.05, 0) is 23.3 Å². The Labute approximate surface area is 99.9 Å². The van der Waals surface area contributed by atoms with Crippen molar-refractivity contribution in [2.75, 3.05) is 0 Å². The molecule has 0 aliphatic carbocycles. The summed E-state index contributed by atoms with van der Waals surface area (Å²) >= 11 is 0. The van der Waals surface area contributed by atoms with Gasteiger partial charge < -0.3 is 5.11 Å². The lowest BCUT2D eigenvalue weighted by Crippen LogP contribution is -1.83. The van der Waals surface area contributed by atoms with Crippen molar-refractivity contribution in [3.05, 3.63) is 71.0 Å². The van der Waals surface area contributed by atoms with Crippen molar-refractivity contribution in [3.63, 3.8) is 0 Å². The molecular formula is C15H13FO. The average Bonchev–Trinajstić information content (AvgIpc) is 2.38. The predicted octanol–water partition coefficient (Wildman–Crippen LogP) is 3.49. The maximum atomic E-state index is 13.3. The lowest BCUT2D eigenvalue weighted by molar-refractivity contribution is 0.282. The zero-order chi connectivity index (χ0) is 12.1. The van der Waals surface area contributed by atoms with Crippen LogP contribution in [0.2, 0.25) is 0 Å². The van der Waals surface area contributed by atoms with Crippen molar-refractivity contribution in [2.24, 2.45) is 0 Å². The Morgan fingerprint density at radius 1 is 1.00 bits per heavy atom. The van der Waals surface area contributed by atoms with E-state index in [4.69, 9.17) is 5.11 Å². The summed E-state index contributed by atoms with van der Waals surface area (Å²) in [5.74, 6) is -0.234. The molecule has 0 fully saturated rings. The molecule has 0 atom stereocenters. The Morgan fingerprint density at radius 3 is 2.59 bits per heavy atom. The molecule has 0 spiro atoms. The number of rotatable bonds is 3. The minimum absolute atomic E-state index is 0.0153. The van der Waals surface area contributed by atoms with Crippen LogP contribution in [0.3, 0.4) is 0 Å². The Bertz CT molecular complexity index is 532. The van der Waals surface area contributed by atoms with E-state index in [1.165, 1.54) is 6.07 Å². The van der Waals surface area contributed by atoms with Gasteiger partial charge in [0.05, 0.1) is 6.61 Å². The lowest BCUT2D eigenvalue weighted by Gasteiger charge is -1.99. The Morgan fingerprint density at radius 2 is 1.82 bits per heavy atom. The topological polar surface area (TPSA) is 20.2 Å². The molecule has 0 bridgehead atoms. The molecule has 0 unspecified atom stereocenters. The first-order valence-corrected chi connectivity index (χ1v) is 5.42. The zero-order valence-electron chi connectivity index (χ0n) is 9.31. The summed E-state index contributed by atoms with van der Waals surface area (Å²) in [5, 5.41) is 9.01. The van der Waals surface area contributed by atoms with Crippen molar-refractivity contribution >= 4 is 12.2 Å². The molecule has 2 aromatic carbocycles. The molecule has 0 saturated carbocycles. The van der Waals surface area contributed by atoms with Gasteiger partial charge in [-0.2, -0.15) is 0 Å². The molecule has 0 aliphatic heterocycles. The van der Waals surface area contributed by atoms with E-state index < -0.39 is 0 Å². The molecule has 17 heavy (non-hydrogen) atoms. The van der Waals surface area contributed by atoms with Gasteiger partial charge in [0, 0.05) is 5.56 Å². The number of halogens is 1. The van der Waals surface area contributed by atoms with Crippen molar-refractivity contribution < 1.29 is 9.50 Å². The first-order valence-electron chi connectivity index (χ1n) is 5.42. The molecule has 0 aromatic heterocycles. The Kier molecular flexibility index (Phi) is 3.68. The van der Waals surface area contributed by atoms with Gasteiger partial charge in [0.15, 0.2) is 0 Å². The summed E-state index contributed by atoms with van der Waals surface area (Å²) < 4.78 is 13.3. The summed E-state index contributed by atoms with van der Waals surface area (Å²) in [5.41, 5.74) is 2.35. The predicted molar refractivity (Wildman–Crippen MR) is 67.7 cm³/mol. The van der Waals surface area contributed by atoms with E-state index in [9.17, 15) is 4.39 Å². The Balaban J connectivity index is 2.23. The van der Waals surface area contributed by atoms with Gasteiger partial charge in [0.2, 0.25) is 0 Å². The zero-order valence-corrected chi connectivity index (χ0v) is 9.31. The first-order chi connectivity index (χ1) is 8.29. The highest BCUT2D eigenvalue weighted by Crippen LogP contribution is 2.12. The van der Waals surface area contributed by atoms with E-state index in [1.807, 2.05) is 30.3 Å². The van der Waals surface area contributed by atoms with Gasteiger partial charge in [0.25, 0.3) is 0 Å². The van der Waals surface area contributed by atoms with Gasteiger partial charge in [-0.25, -0.2) is 4.39 Å². The minimum atomic E-state index is -0.234. The third-order valence-electron chi connectivity index (χ3n) is 2.49. The van der Waals surface area contributed by atoms with Gasteiger partial charge in [-0.1, -0.05) is 48.6 Å². The highest BCUT2D eigenvalue weighted by Gasteiger charge is 1.95. The van der Waals surface area contributed by atoms with Gasteiger partial charge in [0.1, 0.15) is 5.82 Å². The van der Waals surface area contributed by atoms with Crippen LogP contribution in [0.4, 0.5) is 4.39 Å². The van der Waals surface area contributed by atoms with E-state index in [2.05, 4.69) is 0 Å². The van der Waals surface area contributed by atoms with E-state index in [0.717, 1.165) is 11.1 Å². The lowest BCUT2D eigenvalue weighted by atomic mass is 10.1. The number of aliphatic hydroxyl groups is 1. The fourth-order valence-corrected chi connectivity index (χ4v) is 1.59. The van der Waals surface area contributed by atoms with Crippen molar-refractivity contribution in [1.29, 1.82) is 0 Å². The number of aliphatic hydroxyl groups excluding tert-OH is 1. The summed E-state index contributed by atoms with van der Waals surface area (Å²) in [6, 6.07) is 14.1. The molecule has 0 saturated heterocycles. The first kappa shape index (κ1) is 11.6. The molecule has 1 nitrogen and oxygen atoms in total. The van der Waals surface area contributed by atoms with E-state index in [0.29, 0.717) is 5.56 Å². The standard InChI is InChI=1S/C15H13FO/c16-15-7-2-1-6-14(15)9-8-12-4-3-5-13(10-12)11-17/h1-10,17H,11H2/b9-8+. The molecule has 2 heteroatoms. The van der Waals surface area contributed by atoms with Crippen LogP contribution < -0.4 is 0 Å². The largest absolute Gasteiger partial charge is 0.392 e. The van der Waals surface area contributed by atoms with Crippen molar-refractivity contribution in [2.45, 2.75) is 6.61 Å². The van der Waals surface area contributed by atoms with Gasteiger partial charge >= 0.3 is 0 Å². The minimum Gasteiger partial charge on any atom is -0.392 e. The molecule has 0 aliphatic rings. The second-order valence-corrected chi connectivity index (χ2v) is 3.76. The molecule has 2 aromatic rings. The fraction of sp³-hybridized carbons (Fsp3) is 0.0667. The maximum absolute atomic E-state index is 13.3. The van der Waals surface area contributed by atoms with Gasteiger partial charge in [-0.3, -0.25) is 0 Å². The van der Waals surface area contributed by atoms with E-state index in [1.54, 1.807) is 24.3 Å². The van der Waals surface area contributed by atoms with Crippen LogP contribution in [0.1, 0.15) is 16.7 Å². The third-order valence-corrected chi connectivity index (χ3v) is 2.49. The van der Waals surface area contributed by atoms with Crippen molar-refractivity contribution in [3.8, 4) is 0 Å². The third kappa shape index (κ3) is 3.02. The molecule has 2 rings (SSSR count). The molecule has 0 amide bonds. The summed E-state index contributed by atoms with van der Waals surface area (Å²) in [6.07, 6.45) is 3.56. The normalized spacial score (nSPS) is 10.9. The van der Waals surface area contributed by atoms with Crippen molar-refractivity contribution in [1.82, 2.24) is 0 Å². The maximum Gasteiger partial charge on any atom is 0.130 e. The highest BCUT2D eigenvalue weighted by atomic mass is 19.1. The van der Waals surface area contributed by atoms with Crippen LogP contribution in [0.25, 0.3) is 12.2 Å². The quantitative estimate of drug-likeness (QED) is 0.797. The van der Waals surface area contributed by atoms with Gasteiger partial charge in [-0.15, -0.1) is 0 Å². The van der Waals surface area contributed by atoms with E-state index >= 15 is 0 Å². The van der Waals surface area contributed by atoms with Crippen LogP contribution in [-0.2, 0) is 6.61 Å². The molecule has 0 radical (unpaired) electrons. The summed E-state index contributed by atoms with van der Waals surface area (Å²) in [4.78, 5) is 0. The van der Waals surface area contributed by atoms with Crippen LogP contribution in [0, 0.1) is 5.82 Å². The average molecular weight is 228 g/mol. The fourth-order valence-electron chi connectivity index (χ4n) is 1.59. The monoisotopic (exact) mass is 228 g/mol. The second kappa shape index (κ2) is 5.41. The SMILES string of the molecule is OCc1cccc(/C=C/c2ccccc2F)c1. The van der Waals surface area contributed by atoms with E-state index in [-0.39, 0.29) is 12.4 Å². The Hall–Kier alpha value is -1.93. The molecule has 0 heterocycles. The van der Waals surface area contributed by atoms with Crippen LogP contribution in [-0.4, -0.2) is 5.11 Å². The highest BCUT2D eigenvalue weighted by molar-refractivity contribution is 5.70. The molecular weight excluding hydrogens is 215 g/mol. The van der Waals surface area contributed by atoms with Crippen LogP contribution >= 0.6 is 0 Å². The number of benzene rings is 2. The molecule has 1 N–H and O–H groups in total. The molecule has 86 valence electrons.